The van der Waals surface area contributed by atoms with Crippen molar-refractivity contribution in [3.63, 3.8) is 0 Å². The molecule has 1 saturated heterocycles. The van der Waals surface area contributed by atoms with Crippen LogP contribution in [0.4, 0.5) is 0 Å². The van der Waals surface area contributed by atoms with Crippen LogP contribution in [-0.4, -0.2) is 45.2 Å². The molecule has 4 nitrogen and oxygen atoms in total. The van der Waals surface area contributed by atoms with E-state index in [4.69, 9.17) is 4.98 Å². The lowest BCUT2D eigenvalue weighted by molar-refractivity contribution is 0.362. The third-order valence-corrected chi connectivity index (χ3v) is 6.70. The fraction of sp³-hybridized carbons (Fsp3) is 0.471. The molecule has 1 aliphatic heterocycles. The molecule has 0 atom stereocenters. The zero-order chi connectivity index (χ0) is 15.8. The van der Waals surface area contributed by atoms with Crippen molar-refractivity contribution < 1.29 is 0 Å². The second-order valence-electron chi connectivity index (χ2n) is 6.10. The van der Waals surface area contributed by atoms with Gasteiger partial charge in [-0.15, -0.1) is 23.1 Å². The average molecular weight is 345 g/mol. The average Bonchev–Trinajstić information content (AvgIpc) is 3.16. The Hall–Kier alpha value is -1.24. The molecule has 4 rings (SSSR count). The maximum absolute atomic E-state index is 4.73. The minimum atomic E-state index is 1.05. The number of pyridine rings is 1. The van der Waals surface area contributed by atoms with Gasteiger partial charge in [0.05, 0.1) is 10.2 Å². The molecule has 3 aromatic rings. The van der Waals surface area contributed by atoms with Crippen molar-refractivity contribution in [2.24, 2.45) is 0 Å². The lowest BCUT2D eigenvalue weighted by Gasteiger charge is -2.13. The first kappa shape index (κ1) is 15.3. The highest BCUT2D eigenvalue weighted by Crippen LogP contribution is 2.36. The Kier molecular flexibility index (Phi) is 4.22. The summed E-state index contributed by atoms with van der Waals surface area (Å²) in [6.07, 6.45) is 4.40. The van der Waals surface area contributed by atoms with Crippen LogP contribution in [0, 0.1) is 13.8 Å². The van der Waals surface area contributed by atoms with Crippen LogP contribution in [0.15, 0.2) is 17.4 Å². The summed E-state index contributed by atoms with van der Waals surface area (Å²) in [5.74, 6) is 1.09. The maximum Gasteiger partial charge on any atom is 0.126 e. The van der Waals surface area contributed by atoms with Crippen molar-refractivity contribution in [1.82, 2.24) is 19.9 Å². The predicted molar refractivity (Wildman–Crippen MR) is 98.6 cm³/mol. The Morgan fingerprint density at radius 3 is 2.87 bits per heavy atom. The minimum Gasteiger partial charge on any atom is -0.303 e. The van der Waals surface area contributed by atoms with Gasteiger partial charge in [0.15, 0.2) is 0 Å². The van der Waals surface area contributed by atoms with Crippen molar-refractivity contribution in [3.8, 4) is 0 Å². The molecule has 0 bridgehead atoms. The van der Waals surface area contributed by atoms with Crippen LogP contribution in [0.3, 0.4) is 0 Å². The molecule has 1 fully saturated rings. The highest BCUT2D eigenvalue weighted by atomic mass is 32.2. The van der Waals surface area contributed by atoms with Crippen LogP contribution in [-0.2, 0) is 0 Å². The van der Waals surface area contributed by atoms with E-state index in [1.54, 1.807) is 17.7 Å². The molecule has 23 heavy (non-hydrogen) atoms. The molecule has 0 unspecified atom stereocenters. The molecule has 0 spiro atoms. The number of hydrogen-bond acceptors (Lipinski definition) is 6. The summed E-state index contributed by atoms with van der Waals surface area (Å²) in [5.41, 5.74) is 3.37. The Balaban J connectivity index is 1.64. The van der Waals surface area contributed by atoms with E-state index in [2.05, 4.69) is 34.8 Å². The molecule has 1 aliphatic rings. The summed E-state index contributed by atoms with van der Waals surface area (Å²) >= 11 is 3.57. The van der Waals surface area contributed by atoms with E-state index in [1.165, 1.54) is 36.2 Å². The zero-order valence-electron chi connectivity index (χ0n) is 13.5. The van der Waals surface area contributed by atoms with Gasteiger partial charge >= 0.3 is 0 Å². The van der Waals surface area contributed by atoms with Crippen LogP contribution >= 0.6 is 23.1 Å². The fourth-order valence-electron chi connectivity index (χ4n) is 3.05. The lowest BCUT2D eigenvalue weighted by Crippen LogP contribution is -2.21. The number of rotatable bonds is 4. The molecule has 0 aliphatic carbocycles. The molecular weight excluding hydrogens is 324 g/mol. The smallest absolute Gasteiger partial charge is 0.126 e. The van der Waals surface area contributed by atoms with Gasteiger partial charge in [0.25, 0.3) is 0 Å². The molecule has 4 heterocycles. The van der Waals surface area contributed by atoms with Crippen LogP contribution in [0.1, 0.15) is 24.1 Å². The topological polar surface area (TPSA) is 41.9 Å². The Morgan fingerprint density at radius 2 is 2.04 bits per heavy atom. The second-order valence-corrected chi connectivity index (χ2v) is 8.18. The normalized spacial score (nSPS) is 15.9. The molecule has 6 heteroatoms. The van der Waals surface area contributed by atoms with E-state index in [9.17, 15) is 0 Å². The van der Waals surface area contributed by atoms with Crippen LogP contribution in [0.2, 0.25) is 0 Å². The number of fused-ring (bicyclic) bond motifs is 3. The van der Waals surface area contributed by atoms with Crippen LogP contribution in [0.25, 0.3) is 20.4 Å². The van der Waals surface area contributed by atoms with Crippen molar-refractivity contribution >= 4 is 43.5 Å². The molecule has 3 aromatic heterocycles. The van der Waals surface area contributed by atoms with Gasteiger partial charge in [-0.05, 0) is 51.4 Å². The molecule has 0 N–H and O–H groups in total. The highest BCUT2D eigenvalue weighted by molar-refractivity contribution is 7.99. The van der Waals surface area contributed by atoms with Crippen molar-refractivity contribution in [1.29, 1.82) is 0 Å². The van der Waals surface area contributed by atoms with E-state index >= 15 is 0 Å². The Morgan fingerprint density at radius 1 is 1.22 bits per heavy atom. The molecule has 0 radical (unpaired) electrons. The second kappa shape index (κ2) is 6.34. The number of aromatic nitrogens is 3. The van der Waals surface area contributed by atoms with Gasteiger partial charge in [-0.2, -0.15) is 0 Å². The monoisotopic (exact) mass is 344 g/mol. The van der Waals surface area contributed by atoms with Crippen molar-refractivity contribution in [2.45, 2.75) is 31.7 Å². The molecule has 0 amide bonds. The molecule has 0 saturated carbocycles. The number of nitrogens with zero attached hydrogens (tertiary/aromatic N) is 4. The summed E-state index contributed by atoms with van der Waals surface area (Å²) in [7, 11) is 0. The van der Waals surface area contributed by atoms with Gasteiger partial charge in [-0.25, -0.2) is 15.0 Å². The lowest BCUT2D eigenvalue weighted by atomic mass is 10.2. The van der Waals surface area contributed by atoms with Gasteiger partial charge in [0.1, 0.15) is 16.2 Å². The number of likely N-dealkylation sites (tertiary alicyclic amines) is 1. The van der Waals surface area contributed by atoms with E-state index in [1.807, 2.05) is 11.8 Å². The first-order valence-electron chi connectivity index (χ1n) is 8.09. The summed E-state index contributed by atoms with van der Waals surface area (Å²) < 4.78 is 1.19. The standard InChI is InChI=1S/C17H20N4S2/c1-11-9-13-14-15(23-16(13)20-12(11)2)17(19-10-18-14)22-8-7-21-5-3-4-6-21/h9-10H,3-8H2,1-2H3. The quantitative estimate of drug-likeness (QED) is 0.528. The zero-order valence-corrected chi connectivity index (χ0v) is 15.1. The summed E-state index contributed by atoms with van der Waals surface area (Å²) in [4.78, 5) is 17.4. The van der Waals surface area contributed by atoms with Crippen molar-refractivity contribution in [3.05, 3.63) is 23.7 Å². The largest absolute Gasteiger partial charge is 0.303 e. The molecule has 120 valence electrons. The van der Waals surface area contributed by atoms with Crippen LogP contribution in [0.5, 0.6) is 0 Å². The van der Waals surface area contributed by atoms with Crippen LogP contribution < -0.4 is 0 Å². The summed E-state index contributed by atoms with van der Waals surface area (Å²) in [6, 6.07) is 2.21. The molecule has 0 aromatic carbocycles. The Bertz CT molecular complexity index is 853. The van der Waals surface area contributed by atoms with Gasteiger partial charge in [0, 0.05) is 23.4 Å². The maximum atomic E-state index is 4.73. The number of thioether (sulfide) groups is 1. The Labute approximate surface area is 144 Å². The van der Waals surface area contributed by atoms with Gasteiger partial charge < -0.3 is 4.90 Å². The van der Waals surface area contributed by atoms with E-state index < -0.39 is 0 Å². The third kappa shape index (κ3) is 2.95. The number of hydrogen-bond donors (Lipinski definition) is 0. The van der Waals surface area contributed by atoms with E-state index in [-0.39, 0.29) is 0 Å². The highest BCUT2D eigenvalue weighted by Gasteiger charge is 2.15. The first-order chi connectivity index (χ1) is 11.2. The summed E-state index contributed by atoms with van der Waals surface area (Å²) in [6.45, 7) is 7.84. The van der Waals surface area contributed by atoms with Crippen molar-refractivity contribution in [2.75, 3.05) is 25.4 Å². The van der Waals surface area contributed by atoms with Gasteiger partial charge in [-0.1, -0.05) is 0 Å². The third-order valence-electron chi connectivity index (χ3n) is 4.50. The first-order valence-corrected chi connectivity index (χ1v) is 9.89. The van der Waals surface area contributed by atoms with E-state index in [0.717, 1.165) is 38.8 Å². The SMILES string of the molecule is Cc1cc2c(nc1C)sc1c(SCCN3CCCC3)ncnc12. The predicted octanol–water partition coefficient (Wildman–Crippen LogP) is 4.04. The number of aryl methyl sites for hydroxylation is 2. The van der Waals surface area contributed by atoms with Gasteiger partial charge in [0.2, 0.25) is 0 Å². The number of thiophene rings is 1. The fourth-order valence-corrected chi connectivity index (χ4v) is 5.28. The van der Waals surface area contributed by atoms with E-state index in [0.29, 0.717) is 0 Å². The minimum absolute atomic E-state index is 1.05. The summed E-state index contributed by atoms with van der Waals surface area (Å²) in [5, 5.41) is 2.27. The van der Waals surface area contributed by atoms with Gasteiger partial charge in [-0.3, -0.25) is 0 Å². The molecular formula is C17H20N4S2.